The minimum atomic E-state index is -0.316. The third-order valence-electron chi connectivity index (χ3n) is 4.59. The Morgan fingerprint density at radius 2 is 1.85 bits per heavy atom. The lowest BCUT2D eigenvalue weighted by Crippen LogP contribution is -2.51. The normalized spacial score (nSPS) is 16.8. The Bertz CT molecular complexity index is 476. The van der Waals surface area contributed by atoms with Crippen LogP contribution in [0.2, 0.25) is 0 Å². The van der Waals surface area contributed by atoms with Crippen molar-refractivity contribution in [2.75, 3.05) is 6.54 Å². The van der Waals surface area contributed by atoms with Crippen molar-refractivity contribution in [3.63, 3.8) is 0 Å². The monoisotopic (exact) mass is 338 g/mol. The van der Waals surface area contributed by atoms with Crippen LogP contribution in [0.3, 0.4) is 0 Å². The van der Waals surface area contributed by atoms with Crippen molar-refractivity contribution in [1.29, 1.82) is 0 Å². The first-order chi connectivity index (χ1) is 9.46. The summed E-state index contributed by atoms with van der Waals surface area (Å²) < 4.78 is 1.04. The quantitative estimate of drug-likeness (QED) is 0.837. The number of benzene rings is 1. The molecular weight excluding hydrogens is 316 g/mol. The molecule has 1 amide bonds. The summed E-state index contributed by atoms with van der Waals surface area (Å²) >= 11 is 3.43. The van der Waals surface area contributed by atoms with Crippen LogP contribution in [0.25, 0.3) is 0 Å². The van der Waals surface area contributed by atoms with Gasteiger partial charge in [-0.1, -0.05) is 41.9 Å². The molecule has 20 heavy (non-hydrogen) atoms. The largest absolute Gasteiger partial charge is 0.353 e. The van der Waals surface area contributed by atoms with Gasteiger partial charge in [0, 0.05) is 16.6 Å². The second-order valence-corrected chi connectivity index (χ2v) is 6.76. The van der Waals surface area contributed by atoms with E-state index < -0.39 is 0 Å². The van der Waals surface area contributed by atoms with Crippen LogP contribution in [-0.4, -0.2) is 18.0 Å². The molecular formula is C16H23BrN2O. The molecule has 0 bridgehead atoms. The molecule has 3 N–H and O–H groups in total. The van der Waals surface area contributed by atoms with Gasteiger partial charge in [-0.3, -0.25) is 4.79 Å². The van der Waals surface area contributed by atoms with Gasteiger partial charge in [-0.05, 0) is 43.4 Å². The highest BCUT2D eigenvalue weighted by atomic mass is 79.9. The van der Waals surface area contributed by atoms with Gasteiger partial charge in [0.2, 0.25) is 5.91 Å². The maximum absolute atomic E-state index is 12.5. The van der Waals surface area contributed by atoms with Crippen molar-refractivity contribution in [3.8, 4) is 0 Å². The molecule has 0 unspecified atom stereocenters. The van der Waals surface area contributed by atoms with E-state index >= 15 is 0 Å². The van der Waals surface area contributed by atoms with Crippen molar-refractivity contribution < 1.29 is 4.79 Å². The van der Waals surface area contributed by atoms with Crippen LogP contribution in [-0.2, 0) is 10.2 Å². The molecule has 0 radical (unpaired) electrons. The smallest absolute Gasteiger partial charge is 0.230 e. The molecule has 110 valence electrons. The minimum Gasteiger partial charge on any atom is -0.353 e. The molecule has 0 aliphatic heterocycles. The average molecular weight is 339 g/mol. The van der Waals surface area contributed by atoms with Crippen LogP contribution in [0.4, 0.5) is 0 Å². The van der Waals surface area contributed by atoms with Gasteiger partial charge in [-0.2, -0.15) is 0 Å². The van der Waals surface area contributed by atoms with Crippen LogP contribution in [0.5, 0.6) is 0 Å². The molecule has 0 saturated heterocycles. The highest BCUT2D eigenvalue weighted by Crippen LogP contribution is 2.48. The number of hydrogen-bond acceptors (Lipinski definition) is 2. The number of amides is 1. The first-order valence-electron chi connectivity index (χ1n) is 7.29. The fourth-order valence-electron chi connectivity index (χ4n) is 2.47. The molecule has 1 aliphatic carbocycles. The summed E-state index contributed by atoms with van der Waals surface area (Å²) in [6.45, 7) is 4.69. The summed E-state index contributed by atoms with van der Waals surface area (Å²) in [6, 6.07) is 8.06. The number of halogens is 1. The molecule has 0 heterocycles. The topological polar surface area (TPSA) is 55.1 Å². The standard InChI is InChI=1S/C16H23BrN2O/c1-3-15(18,4-2)11-19-14(20)16(9-10-16)12-5-7-13(17)8-6-12/h5-8H,3-4,9-11,18H2,1-2H3,(H,19,20). The maximum atomic E-state index is 12.5. The molecule has 1 saturated carbocycles. The second kappa shape index (κ2) is 5.86. The van der Waals surface area contributed by atoms with Crippen LogP contribution in [0.15, 0.2) is 28.7 Å². The van der Waals surface area contributed by atoms with Gasteiger partial charge in [0.05, 0.1) is 5.41 Å². The van der Waals surface area contributed by atoms with E-state index in [1.165, 1.54) is 0 Å². The molecule has 1 aromatic rings. The van der Waals surface area contributed by atoms with Crippen LogP contribution >= 0.6 is 15.9 Å². The van der Waals surface area contributed by atoms with Crippen molar-refractivity contribution in [1.82, 2.24) is 5.32 Å². The highest BCUT2D eigenvalue weighted by Gasteiger charge is 2.51. The Balaban J connectivity index is 2.04. The molecule has 0 aromatic heterocycles. The zero-order valence-electron chi connectivity index (χ0n) is 12.2. The van der Waals surface area contributed by atoms with Gasteiger partial charge < -0.3 is 11.1 Å². The van der Waals surface area contributed by atoms with Crippen molar-refractivity contribution in [2.45, 2.75) is 50.5 Å². The van der Waals surface area contributed by atoms with E-state index in [1.54, 1.807) is 0 Å². The van der Waals surface area contributed by atoms with Crippen molar-refractivity contribution in [3.05, 3.63) is 34.3 Å². The lowest BCUT2D eigenvalue weighted by Gasteiger charge is -2.28. The number of nitrogens with two attached hydrogens (primary N) is 1. The summed E-state index contributed by atoms with van der Waals surface area (Å²) in [5.41, 5.74) is 6.75. The number of rotatable bonds is 6. The Hall–Kier alpha value is -0.870. The van der Waals surface area contributed by atoms with E-state index in [0.29, 0.717) is 6.54 Å². The molecule has 0 spiro atoms. The van der Waals surface area contributed by atoms with Gasteiger partial charge >= 0.3 is 0 Å². The van der Waals surface area contributed by atoms with E-state index in [0.717, 1.165) is 35.7 Å². The number of nitrogens with one attached hydrogen (secondary N) is 1. The Morgan fingerprint density at radius 3 is 2.30 bits per heavy atom. The number of carbonyl (C=O) groups is 1. The zero-order valence-corrected chi connectivity index (χ0v) is 13.8. The predicted molar refractivity (Wildman–Crippen MR) is 85.6 cm³/mol. The molecule has 0 atom stereocenters. The first-order valence-corrected chi connectivity index (χ1v) is 8.08. The summed E-state index contributed by atoms with van der Waals surface area (Å²) in [6.07, 6.45) is 3.59. The Labute approximate surface area is 129 Å². The molecule has 2 rings (SSSR count). The Morgan fingerprint density at radius 1 is 1.30 bits per heavy atom. The van der Waals surface area contributed by atoms with Gasteiger partial charge in [-0.25, -0.2) is 0 Å². The molecule has 1 fully saturated rings. The number of hydrogen-bond donors (Lipinski definition) is 2. The second-order valence-electron chi connectivity index (χ2n) is 5.84. The fourth-order valence-corrected chi connectivity index (χ4v) is 2.73. The van der Waals surface area contributed by atoms with E-state index in [9.17, 15) is 4.79 Å². The van der Waals surface area contributed by atoms with Gasteiger partial charge in [0.1, 0.15) is 0 Å². The molecule has 1 aliphatic rings. The van der Waals surface area contributed by atoms with Crippen LogP contribution in [0, 0.1) is 0 Å². The Kier molecular flexibility index (Phi) is 4.55. The summed E-state index contributed by atoms with van der Waals surface area (Å²) in [7, 11) is 0. The zero-order chi connectivity index (χ0) is 14.8. The van der Waals surface area contributed by atoms with Gasteiger partial charge in [0.15, 0.2) is 0 Å². The van der Waals surface area contributed by atoms with E-state index in [2.05, 4.69) is 35.1 Å². The minimum absolute atomic E-state index is 0.122. The fraction of sp³-hybridized carbons (Fsp3) is 0.562. The lowest BCUT2D eigenvalue weighted by atomic mass is 9.92. The summed E-state index contributed by atoms with van der Waals surface area (Å²) in [5, 5.41) is 3.07. The maximum Gasteiger partial charge on any atom is 0.230 e. The molecule has 3 nitrogen and oxygen atoms in total. The lowest BCUT2D eigenvalue weighted by molar-refractivity contribution is -0.123. The first kappa shape index (κ1) is 15.5. The molecule has 1 aromatic carbocycles. The van der Waals surface area contributed by atoms with Gasteiger partial charge in [0.25, 0.3) is 0 Å². The third kappa shape index (κ3) is 3.07. The van der Waals surface area contributed by atoms with E-state index in [-0.39, 0.29) is 16.9 Å². The third-order valence-corrected chi connectivity index (χ3v) is 5.12. The average Bonchev–Trinajstić information content (AvgIpc) is 3.27. The number of carbonyl (C=O) groups excluding carboxylic acids is 1. The summed E-state index contributed by atoms with van der Waals surface area (Å²) in [5.74, 6) is 0.122. The van der Waals surface area contributed by atoms with E-state index in [1.807, 2.05) is 24.3 Å². The van der Waals surface area contributed by atoms with Crippen molar-refractivity contribution >= 4 is 21.8 Å². The SMILES string of the molecule is CCC(N)(CC)CNC(=O)C1(c2ccc(Br)cc2)CC1. The predicted octanol–water partition coefficient (Wildman–Crippen LogP) is 3.11. The highest BCUT2D eigenvalue weighted by molar-refractivity contribution is 9.10. The van der Waals surface area contributed by atoms with Gasteiger partial charge in [-0.15, -0.1) is 0 Å². The van der Waals surface area contributed by atoms with Crippen LogP contribution in [0.1, 0.15) is 45.1 Å². The molecule has 4 heteroatoms. The van der Waals surface area contributed by atoms with Crippen LogP contribution < -0.4 is 11.1 Å². The van der Waals surface area contributed by atoms with E-state index in [4.69, 9.17) is 5.73 Å². The summed E-state index contributed by atoms with van der Waals surface area (Å²) in [4.78, 5) is 12.5. The van der Waals surface area contributed by atoms with Crippen molar-refractivity contribution in [2.24, 2.45) is 5.73 Å².